The molecule has 0 unspecified atom stereocenters. The smallest absolute Gasteiger partial charge is 0.364 e. The molecule has 40 heteroatoms. The molecule has 7 rings (SSSR count). The van der Waals surface area contributed by atoms with Gasteiger partial charge in [0.15, 0.2) is 37.7 Å². The average molecular weight is 1330 g/mol. The fourth-order valence-electron chi connectivity index (χ4n) is 11.6. The van der Waals surface area contributed by atoms with E-state index in [0.717, 1.165) is 20.8 Å². The summed E-state index contributed by atoms with van der Waals surface area (Å²) in [6.07, 6.45) is -64.8. The molecular formula is C51H85N3O37. The van der Waals surface area contributed by atoms with E-state index in [4.69, 9.17) is 61.6 Å². The van der Waals surface area contributed by atoms with Gasteiger partial charge in [0.05, 0.1) is 51.3 Å². The van der Waals surface area contributed by atoms with Gasteiger partial charge in [-0.05, 0) is 13.8 Å². The number of hydrogen-bond acceptors (Lipinski definition) is 36. The van der Waals surface area contributed by atoms with Crippen molar-refractivity contribution in [1.82, 2.24) is 16.0 Å². The molecule has 36 atom stereocenters. The highest BCUT2D eigenvalue weighted by molar-refractivity contribution is 5.76. The highest BCUT2D eigenvalue weighted by Crippen LogP contribution is 2.40. The lowest BCUT2D eigenvalue weighted by atomic mass is 9.90. The van der Waals surface area contributed by atoms with Gasteiger partial charge in [-0.25, -0.2) is 4.79 Å². The summed E-state index contributed by atoms with van der Waals surface area (Å²) in [4.78, 5) is 51.5. The second-order valence-corrected chi connectivity index (χ2v) is 23.2. The van der Waals surface area contributed by atoms with Crippen LogP contribution in [0.5, 0.6) is 0 Å². The Labute approximate surface area is 516 Å². The summed E-state index contributed by atoms with van der Waals surface area (Å²) in [5.41, 5.74) is 0. The van der Waals surface area contributed by atoms with Crippen molar-refractivity contribution in [1.29, 1.82) is 0 Å². The van der Waals surface area contributed by atoms with Gasteiger partial charge < -0.3 is 180 Å². The molecule has 0 radical (unpaired) electrons. The van der Waals surface area contributed by atoms with Gasteiger partial charge >= 0.3 is 5.97 Å². The van der Waals surface area contributed by atoms with Crippen molar-refractivity contribution in [2.45, 2.75) is 261 Å². The second-order valence-electron chi connectivity index (χ2n) is 23.2. The summed E-state index contributed by atoms with van der Waals surface area (Å²) in [5, 5.41) is 225. The zero-order valence-corrected chi connectivity index (χ0v) is 49.3. The first-order chi connectivity index (χ1) is 42.7. The number of aliphatic hydroxyl groups excluding tert-OH is 19. The lowest BCUT2D eigenvalue weighted by Crippen LogP contribution is -2.71. The molecule has 526 valence electrons. The molecule has 91 heavy (non-hydrogen) atoms. The Bertz CT molecular complexity index is 2380. The van der Waals surface area contributed by atoms with E-state index >= 15 is 0 Å². The fourth-order valence-corrected chi connectivity index (χ4v) is 11.6. The third-order valence-electron chi connectivity index (χ3n) is 16.7. The number of aliphatic hydroxyl groups is 19. The van der Waals surface area contributed by atoms with Gasteiger partial charge in [0.1, 0.15) is 159 Å². The number of hydrogen-bond donors (Lipinski definition) is 23. The molecule has 0 saturated carbocycles. The predicted molar refractivity (Wildman–Crippen MR) is 281 cm³/mol. The van der Waals surface area contributed by atoms with Gasteiger partial charge in [0.2, 0.25) is 17.7 Å². The Balaban J connectivity index is 1.19. The molecule has 7 heterocycles. The van der Waals surface area contributed by atoms with E-state index in [1.165, 1.54) is 13.8 Å². The molecule has 0 aromatic rings. The molecule has 40 nitrogen and oxygen atoms in total. The van der Waals surface area contributed by atoms with Crippen LogP contribution in [0.25, 0.3) is 0 Å². The third kappa shape index (κ3) is 16.4. The molecule has 7 saturated heterocycles. The highest BCUT2D eigenvalue weighted by atomic mass is 16.8. The second kappa shape index (κ2) is 31.6. The van der Waals surface area contributed by atoms with Crippen LogP contribution in [0, 0.1) is 0 Å². The monoisotopic (exact) mass is 1330 g/mol. The van der Waals surface area contributed by atoms with Crippen LogP contribution in [0.1, 0.15) is 41.0 Å². The maximum atomic E-state index is 13.3. The Kier molecular flexibility index (Phi) is 26.1. The zero-order valence-electron chi connectivity index (χ0n) is 49.3. The summed E-state index contributed by atoms with van der Waals surface area (Å²) in [5.74, 6) is -7.93. The van der Waals surface area contributed by atoms with E-state index in [2.05, 4.69) is 16.0 Å². The lowest BCUT2D eigenvalue weighted by molar-refractivity contribution is -0.400. The van der Waals surface area contributed by atoms with Crippen molar-refractivity contribution in [3.63, 3.8) is 0 Å². The SMILES string of the molecule is CC(=O)N[C@@H]1[C@@H](O[C@@H]2O[C@H](CO)[C@@H](O[C@@H]3O[C@H](CO)[C@H](O)[C@H](O[C@@H]4O[C@H](CO)[C@H](O)[C@H](O)[C@H]4NC(C)=O)[C@H]3O[C@@H]3O[C@@H](C)[C@@H](O)[C@@H](O)[C@@H]3O)[C@H](O)[C@H]2NC(C)=O)[C@@H](O)[C@@H](CO[C@]2(C(=O)O)C[C@H](O[C@@H]3O[C@@H](C)[C@@H](O)[C@@H](O)[C@@H]3O)[C@@H](O)[C@H]([C@H](O)[C@H](O)CO)O2)O[C@@H]1O. The van der Waals surface area contributed by atoms with Crippen molar-refractivity contribution < 1.29 is 183 Å². The molecule has 23 N–H and O–H groups in total. The number of carboxylic acids is 1. The topological polar surface area (TPSA) is 629 Å². The number of ether oxygens (including phenoxy) is 13. The first-order valence-electron chi connectivity index (χ1n) is 29.0. The summed E-state index contributed by atoms with van der Waals surface area (Å²) in [7, 11) is 0. The van der Waals surface area contributed by atoms with Gasteiger partial charge in [-0.2, -0.15) is 0 Å². The minimum absolute atomic E-state index is 0.822. The highest BCUT2D eigenvalue weighted by Gasteiger charge is 2.61. The predicted octanol–water partition coefficient (Wildman–Crippen LogP) is -14.6. The largest absolute Gasteiger partial charge is 0.477 e. The van der Waals surface area contributed by atoms with Crippen molar-refractivity contribution in [3.8, 4) is 0 Å². The molecule has 3 amide bonds. The van der Waals surface area contributed by atoms with Crippen LogP contribution in [-0.4, -0.2) is 379 Å². The van der Waals surface area contributed by atoms with E-state index in [0.29, 0.717) is 0 Å². The van der Waals surface area contributed by atoms with E-state index in [-0.39, 0.29) is 0 Å². The molecule has 7 fully saturated rings. The first-order valence-corrected chi connectivity index (χ1v) is 29.0. The number of amides is 3. The van der Waals surface area contributed by atoms with Gasteiger partial charge in [-0.15, -0.1) is 0 Å². The maximum absolute atomic E-state index is 13.3. The summed E-state index contributed by atoms with van der Waals surface area (Å²) in [6.45, 7) is -0.236. The Hall–Kier alpha value is -3.40. The van der Waals surface area contributed by atoms with Crippen LogP contribution in [-0.2, 0) is 80.8 Å². The normalized spacial score (nSPS) is 48.0. The fraction of sp³-hybridized carbons (Fsp3) is 0.922. The number of nitrogens with one attached hydrogen (secondary N) is 3. The molecule has 0 aromatic heterocycles. The molecule has 7 aliphatic rings. The minimum Gasteiger partial charge on any atom is -0.477 e. The van der Waals surface area contributed by atoms with Gasteiger partial charge in [0.25, 0.3) is 5.79 Å². The van der Waals surface area contributed by atoms with Crippen molar-refractivity contribution >= 4 is 23.7 Å². The number of carboxylic acid groups (broad SMARTS) is 1. The van der Waals surface area contributed by atoms with Crippen molar-refractivity contribution in [2.75, 3.05) is 33.0 Å². The molecule has 0 bridgehead atoms. The molecule has 0 aromatic carbocycles. The van der Waals surface area contributed by atoms with E-state index in [9.17, 15) is 121 Å². The van der Waals surface area contributed by atoms with Crippen LogP contribution in [0.4, 0.5) is 0 Å². The number of carbonyl (C=O) groups is 4. The van der Waals surface area contributed by atoms with Crippen LogP contribution in [0.3, 0.4) is 0 Å². The quantitative estimate of drug-likeness (QED) is 0.0452. The van der Waals surface area contributed by atoms with Crippen LogP contribution >= 0.6 is 0 Å². The van der Waals surface area contributed by atoms with Crippen LogP contribution < -0.4 is 16.0 Å². The molecule has 0 aliphatic carbocycles. The Morgan fingerprint density at radius 2 is 0.912 bits per heavy atom. The van der Waals surface area contributed by atoms with Crippen LogP contribution in [0.2, 0.25) is 0 Å². The summed E-state index contributed by atoms with van der Waals surface area (Å²) < 4.78 is 76.3. The summed E-state index contributed by atoms with van der Waals surface area (Å²) in [6, 6.07) is -5.56. The Morgan fingerprint density at radius 1 is 0.462 bits per heavy atom. The zero-order chi connectivity index (χ0) is 67.6. The molecular weight excluding hydrogens is 1250 g/mol. The minimum atomic E-state index is -3.17. The number of rotatable bonds is 23. The van der Waals surface area contributed by atoms with Gasteiger partial charge in [-0.3, -0.25) is 14.4 Å². The number of carbonyl (C=O) groups excluding carboxylic acids is 3. The van der Waals surface area contributed by atoms with E-state index < -0.39 is 284 Å². The molecule has 7 aliphatic heterocycles. The average Bonchev–Trinajstić information content (AvgIpc) is 0.931. The molecule has 0 spiro atoms. The third-order valence-corrected chi connectivity index (χ3v) is 16.7. The van der Waals surface area contributed by atoms with Gasteiger partial charge in [-0.1, -0.05) is 0 Å². The summed E-state index contributed by atoms with van der Waals surface area (Å²) >= 11 is 0. The van der Waals surface area contributed by atoms with Gasteiger partial charge in [0, 0.05) is 27.2 Å². The van der Waals surface area contributed by atoms with E-state index in [1.54, 1.807) is 0 Å². The van der Waals surface area contributed by atoms with E-state index in [1.807, 2.05) is 0 Å². The lowest BCUT2D eigenvalue weighted by Gasteiger charge is -2.52. The standard InChI is InChI=1S/C51H85N3O37/c1-12-26(63)35(72)37(74)47(80-12)83-18-6-51(50(77)78,91-41(30(18)67)28(65)17(62)7-55)79-11-22-32(69)40(25(44(76)82-22)54-16(5)61)88-46-24(53-15(4)60)34(71)39(21(10-58)86-46)87-49-43(90-48-38(75)36(73)27(64)13(2)81-48)42(31(68)20(9-57)85-49)89-45-23(52-14(3)59)33(70)29(66)19(8-56)84-45/h12-13,17-49,55-58,62-76H,6-11H2,1-5H3,(H,52,59)(H,53,60)(H,54,61)(H,77,78)/t12-,13-,17+,18-,19+,20+,21+,22+,23+,24+,25+,26+,27+,28+,29-,30+,31-,32-,33+,34+,35+,36+,37-,38-,39+,40+,41-,42-,43+,44-,45-,46-,47-,48-,49-,51+/m0/s1. The van der Waals surface area contributed by atoms with Crippen molar-refractivity contribution in [3.05, 3.63) is 0 Å². The number of aliphatic carboxylic acids is 1. The van der Waals surface area contributed by atoms with Crippen LogP contribution in [0.15, 0.2) is 0 Å². The first kappa shape index (κ1) is 75.0. The van der Waals surface area contributed by atoms with Crippen molar-refractivity contribution in [2.24, 2.45) is 0 Å². The maximum Gasteiger partial charge on any atom is 0.364 e. The Morgan fingerprint density at radius 3 is 1.43 bits per heavy atom.